The van der Waals surface area contributed by atoms with Gasteiger partial charge in [0, 0.05) is 21.5 Å². The first kappa shape index (κ1) is 22.8. The zero-order valence-corrected chi connectivity index (χ0v) is 19.9. The maximum Gasteiger partial charge on any atom is 0.293 e. The highest BCUT2D eigenvalue weighted by atomic mass is 35.5. The monoisotopic (exact) mass is 499 g/mol. The maximum atomic E-state index is 12.5. The Morgan fingerprint density at radius 3 is 2.48 bits per heavy atom. The molecule has 0 unspecified atom stereocenters. The van der Waals surface area contributed by atoms with Gasteiger partial charge in [-0.25, -0.2) is 4.98 Å². The van der Waals surface area contributed by atoms with Crippen molar-refractivity contribution in [3.63, 3.8) is 0 Å². The number of hydrogen-bond acceptors (Lipinski definition) is 7. The van der Waals surface area contributed by atoms with E-state index in [9.17, 15) is 4.79 Å². The molecule has 2 aromatic heterocycles. The maximum absolute atomic E-state index is 12.5. The number of ether oxygens (including phenoxy) is 2. The molecule has 0 saturated heterocycles. The first-order valence-electron chi connectivity index (χ1n) is 9.63. The molecule has 2 N–H and O–H groups in total. The summed E-state index contributed by atoms with van der Waals surface area (Å²) < 4.78 is 16.3. The van der Waals surface area contributed by atoms with Crippen LogP contribution in [0.2, 0.25) is 5.02 Å². The number of thiocarbonyl (C=S) groups is 1. The zero-order valence-electron chi connectivity index (χ0n) is 17.5. The molecular weight excluding hydrogens is 482 g/mol. The fraction of sp³-hybridized carbons (Fsp3) is 0.0870. The van der Waals surface area contributed by atoms with Crippen LogP contribution in [0.3, 0.4) is 0 Å². The molecule has 4 rings (SSSR count). The molecule has 0 spiro atoms. The van der Waals surface area contributed by atoms with Crippen molar-refractivity contribution >= 4 is 51.3 Å². The molecule has 0 aliphatic heterocycles. The number of carbonyl (C=O) groups excluding carboxylic acids is 1. The molecule has 0 radical (unpaired) electrons. The van der Waals surface area contributed by atoms with Gasteiger partial charge >= 0.3 is 0 Å². The minimum atomic E-state index is -0.468. The molecule has 0 aliphatic carbocycles. The Morgan fingerprint density at radius 2 is 1.76 bits per heavy atom. The van der Waals surface area contributed by atoms with Crippen molar-refractivity contribution in [3.8, 4) is 34.1 Å². The van der Waals surface area contributed by atoms with Crippen molar-refractivity contribution in [2.45, 2.75) is 0 Å². The molecule has 2 aromatic carbocycles. The average molecular weight is 500 g/mol. The van der Waals surface area contributed by atoms with Gasteiger partial charge in [-0.15, -0.1) is 11.3 Å². The predicted octanol–water partition coefficient (Wildman–Crippen LogP) is 5.87. The highest BCUT2D eigenvalue weighted by molar-refractivity contribution is 7.80. The summed E-state index contributed by atoms with van der Waals surface area (Å²) in [7, 11) is 3.16. The number of anilines is 1. The van der Waals surface area contributed by atoms with Crippen molar-refractivity contribution in [3.05, 3.63) is 70.8 Å². The number of hydrogen-bond donors (Lipinski definition) is 2. The van der Waals surface area contributed by atoms with Crippen LogP contribution in [0.25, 0.3) is 22.6 Å². The Bertz CT molecular complexity index is 1300. The molecule has 4 aromatic rings. The summed E-state index contributed by atoms with van der Waals surface area (Å²) in [4.78, 5) is 17.0. The van der Waals surface area contributed by atoms with Crippen LogP contribution in [0.1, 0.15) is 10.6 Å². The van der Waals surface area contributed by atoms with E-state index in [0.29, 0.717) is 27.4 Å². The molecule has 0 saturated carbocycles. The first-order chi connectivity index (χ1) is 16.0. The van der Waals surface area contributed by atoms with Gasteiger partial charge in [0.05, 0.1) is 19.9 Å². The van der Waals surface area contributed by atoms with Crippen LogP contribution in [0.15, 0.2) is 64.4 Å². The second-order valence-electron chi connectivity index (χ2n) is 6.69. The van der Waals surface area contributed by atoms with Gasteiger partial charge in [0.25, 0.3) is 5.91 Å². The topological polar surface area (TPSA) is 85.6 Å². The Hall–Kier alpha value is -3.40. The molecule has 10 heteroatoms. The van der Waals surface area contributed by atoms with E-state index in [1.165, 1.54) is 11.3 Å². The number of rotatable bonds is 6. The Kier molecular flexibility index (Phi) is 6.93. The normalized spacial score (nSPS) is 10.5. The van der Waals surface area contributed by atoms with Crippen molar-refractivity contribution in [2.75, 3.05) is 19.5 Å². The molecule has 0 bridgehead atoms. The number of nitrogens with zero attached hydrogens (tertiary/aromatic N) is 1. The summed E-state index contributed by atoms with van der Waals surface area (Å²) in [5, 5.41) is 8.66. The smallest absolute Gasteiger partial charge is 0.293 e. The van der Waals surface area contributed by atoms with Gasteiger partial charge < -0.3 is 19.2 Å². The van der Waals surface area contributed by atoms with E-state index >= 15 is 0 Å². The van der Waals surface area contributed by atoms with E-state index in [2.05, 4.69) is 15.6 Å². The van der Waals surface area contributed by atoms with Crippen LogP contribution in [0, 0.1) is 0 Å². The summed E-state index contributed by atoms with van der Waals surface area (Å²) in [6.07, 6.45) is 0. The van der Waals surface area contributed by atoms with Crippen molar-refractivity contribution < 1.29 is 18.7 Å². The number of methoxy groups -OCH3 is 2. The van der Waals surface area contributed by atoms with E-state index in [-0.39, 0.29) is 10.9 Å². The van der Waals surface area contributed by atoms with E-state index in [1.54, 1.807) is 38.5 Å². The molecule has 1 amide bonds. The number of furan rings is 1. The number of benzene rings is 2. The van der Waals surface area contributed by atoms with Crippen LogP contribution >= 0.6 is 35.2 Å². The lowest BCUT2D eigenvalue weighted by Crippen LogP contribution is -2.33. The first-order valence-corrected chi connectivity index (χ1v) is 11.3. The summed E-state index contributed by atoms with van der Waals surface area (Å²) in [6, 6.07) is 16.0. The van der Waals surface area contributed by atoms with Gasteiger partial charge in [0.15, 0.2) is 27.5 Å². The highest BCUT2D eigenvalue weighted by Crippen LogP contribution is 2.33. The van der Waals surface area contributed by atoms with Gasteiger partial charge in [0.2, 0.25) is 0 Å². The second-order valence-corrected chi connectivity index (χ2v) is 8.39. The quantitative estimate of drug-likeness (QED) is 0.321. The summed E-state index contributed by atoms with van der Waals surface area (Å²) in [5.74, 6) is 1.46. The van der Waals surface area contributed by atoms with E-state index < -0.39 is 5.91 Å². The van der Waals surface area contributed by atoms with Crippen LogP contribution in [-0.2, 0) is 0 Å². The third-order valence-electron chi connectivity index (χ3n) is 4.59. The van der Waals surface area contributed by atoms with E-state index in [0.717, 1.165) is 16.8 Å². The third kappa shape index (κ3) is 5.33. The lowest BCUT2D eigenvalue weighted by molar-refractivity contribution is 0.0951. The Morgan fingerprint density at radius 1 is 1.03 bits per heavy atom. The molecule has 2 heterocycles. The van der Waals surface area contributed by atoms with Crippen LogP contribution in [-0.4, -0.2) is 30.2 Å². The lowest BCUT2D eigenvalue weighted by atomic mass is 10.1. The molecular formula is C23H18ClN3O4S2. The van der Waals surface area contributed by atoms with Crippen molar-refractivity contribution in [1.82, 2.24) is 10.3 Å². The van der Waals surface area contributed by atoms with Crippen molar-refractivity contribution in [2.24, 2.45) is 0 Å². The molecule has 0 aliphatic rings. The van der Waals surface area contributed by atoms with Gasteiger partial charge in [-0.3, -0.25) is 10.1 Å². The number of carbonyl (C=O) groups is 1. The second kappa shape index (κ2) is 10.0. The van der Waals surface area contributed by atoms with Crippen molar-refractivity contribution in [1.29, 1.82) is 0 Å². The number of halogens is 1. The highest BCUT2D eigenvalue weighted by Gasteiger charge is 2.15. The largest absolute Gasteiger partial charge is 0.493 e. The Balaban J connectivity index is 1.39. The zero-order chi connectivity index (χ0) is 23.4. The van der Waals surface area contributed by atoms with Gasteiger partial charge in [-0.05, 0) is 66.8 Å². The van der Waals surface area contributed by atoms with Crippen LogP contribution < -0.4 is 20.1 Å². The van der Waals surface area contributed by atoms with E-state index in [1.807, 2.05) is 35.7 Å². The lowest BCUT2D eigenvalue weighted by Gasteiger charge is -2.08. The number of aromatic nitrogens is 1. The SMILES string of the molecule is COc1ccc(-c2csc(NC(=S)NC(=O)c3ccc(-c4ccc(Cl)cc4)o3)n2)cc1OC. The fourth-order valence-corrected chi connectivity index (χ4v) is 4.09. The van der Waals surface area contributed by atoms with Crippen LogP contribution in [0.5, 0.6) is 11.5 Å². The summed E-state index contributed by atoms with van der Waals surface area (Å²) in [6.45, 7) is 0. The average Bonchev–Trinajstić information content (AvgIpc) is 3.49. The van der Waals surface area contributed by atoms with Gasteiger partial charge in [0.1, 0.15) is 5.76 Å². The predicted molar refractivity (Wildman–Crippen MR) is 133 cm³/mol. The molecule has 168 valence electrons. The number of thiazole rings is 1. The summed E-state index contributed by atoms with van der Waals surface area (Å²) >= 11 is 12.5. The van der Waals surface area contributed by atoms with E-state index in [4.69, 9.17) is 37.7 Å². The Labute approximate surface area is 204 Å². The molecule has 33 heavy (non-hydrogen) atoms. The number of amides is 1. The minimum absolute atomic E-state index is 0.109. The number of nitrogens with one attached hydrogen (secondary N) is 2. The molecule has 0 fully saturated rings. The van der Waals surface area contributed by atoms with Gasteiger partial charge in [-0.2, -0.15) is 0 Å². The summed E-state index contributed by atoms with van der Waals surface area (Å²) in [5.41, 5.74) is 2.40. The fourth-order valence-electron chi connectivity index (χ4n) is 2.98. The van der Waals surface area contributed by atoms with Gasteiger partial charge in [-0.1, -0.05) is 11.6 Å². The third-order valence-corrected chi connectivity index (χ3v) is 5.80. The molecule has 7 nitrogen and oxygen atoms in total. The molecule has 0 atom stereocenters. The minimum Gasteiger partial charge on any atom is -0.493 e. The van der Waals surface area contributed by atoms with Crippen LogP contribution in [0.4, 0.5) is 5.13 Å². The standard InChI is InChI=1S/C23H18ClN3O4S2/c1-29-18-8-5-14(11-20(18)30-2)16-12-33-23(25-16)27-22(32)26-21(28)19-10-9-17(31-19)13-3-6-15(24)7-4-13/h3-12H,1-2H3,(H2,25,26,27,28,32).